The minimum absolute atomic E-state index is 0.393. The highest BCUT2D eigenvalue weighted by Gasteiger charge is 2.25. The van der Waals surface area contributed by atoms with Gasteiger partial charge in [0.15, 0.2) is 0 Å². The fourth-order valence-corrected chi connectivity index (χ4v) is 1.71. The number of rotatable bonds is 3. The summed E-state index contributed by atoms with van der Waals surface area (Å²) in [6.45, 7) is 4.34. The molecule has 1 aromatic rings. The van der Waals surface area contributed by atoms with Crippen molar-refractivity contribution in [3.63, 3.8) is 0 Å². The summed E-state index contributed by atoms with van der Waals surface area (Å²) in [7, 11) is 0. The number of ether oxygens (including phenoxy) is 1. The van der Waals surface area contributed by atoms with E-state index in [1.54, 1.807) is 18.2 Å². The summed E-state index contributed by atoms with van der Waals surface area (Å²) in [6, 6.07) is 6.99. The molecule has 0 saturated heterocycles. The van der Waals surface area contributed by atoms with Crippen molar-refractivity contribution in [2.75, 3.05) is 6.61 Å². The molecule has 0 amide bonds. The molecule has 0 unspecified atom stereocenters. The fourth-order valence-electron chi connectivity index (χ4n) is 1.71. The molecule has 0 saturated carbocycles. The quantitative estimate of drug-likeness (QED) is 0.604. The summed E-state index contributed by atoms with van der Waals surface area (Å²) in [5, 5.41) is 0. The summed E-state index contributed by atoms with van der Waals surface area (Å²) in [5.74, 6) is -0.534. The van der Waals surface area contributed by atoms with E-state index < -0.39 is 11.6 Å². The zero-order chi connectivity index (χ0) is 13.1. The summed E-state index contributed by atoms with van der Waals surface area (Å²) in [5.41, 5.74) is 2.24. The van der Waals surface area contributed by atoms with Gasteiger partial charge in [0.2, 0.25) is 11.6 Å². The molecular weight excluding hydrogens is 228 g/mol. The monoisotopic (exact) mass is 242 g/mol. The van der Waals surface area contributed by atoms with E-state index in [4.69, 9.17) is 4.74 Å². The second-order valence-corrected chi connectivity index (χ2v) is 4.34. The molecule has 0 radical (unpaired) electrons. The van der Waals surface area contributed by atoms with Crippen LogP contribution in [0, 0.1) is 0 Å². The smallest absolute Gasteiger partial charge is 0.233 e. The van der Waals surface area contributed by atoms with Crippen LogP contribution in [0.3, 0.4) is 0 Å². The van der Waals surface area contributed by atoms with Gasteiger partial charge >= 0.3 is 0 Å². The molecule has 1 aromatic carbocycles. The molecule has 0 spiro atoms. The first-order valence-corrected chi connectivity index (χ1v) is 5.75. The molecular formula is C15H14O3. The molecule has 18 heavy (non-hydrogen) atoms. The van der Waals surface area contributed by atoms with E-state index in [0.29, 0.717) is 23.5 Å². The molecule has 3 heteroatoms. The fraction of sp³-hybridized carbons (Fsp3) is 0.200. The Morgan fingerprint density at radius 1 is 1.17 bits per heavy atom. The predicted octanol–water partition coefficient (Wildman–Crippen LogP) is 2.78. The maximum Gasteiger partial charge on any atom is 0.233 e. The Balaban J connectivity index is 2.30. The van der Waals surface area contributed by atoms with Gasteiger partial charge in [-0.25, -0.2) is 0 Å². The maximum atomic E-state index is 11.7. The van der Waals surface area contributed by atoms with E-state index in [9.17, 15) is 9.59 Å². The first kappa shape index (κ1) is 12.3. The summed E-state index contributed by atoms with van der Waals surface area (Å²) < 4.78 is 5.55. The Kier molecular flexibility index (Phi) is 3.42. The molecule has 0 fully saturated rings. The van der Waals surface area contributed by atoms with Crippen molar-refractivity contribution < 1.29 is 14.3 Å². The number of ketones is 2. The average Bonchev–Trinajstić information content (AvgIpc) is 2.35. The zero-order valence-electron chi connectivity index (χ0n) is 10.4. The number of carbonyl (C=O) groups excluding carboxylic acids is 2. The molecule has 0 aliphatic heterocycles. The van der Waals surface area contributed by atoms with Gasteiger partial charge in [-0.3, -0.25) is 9.59 Å². The minimum atomic E-state index is -0.527. The van der Waals surface area contributed by atoms with Gasteiger partial charge in [-0.05, 0) is 19.9 Å². The van der Waals surface area contributed by atoms with E-state index in [2.05, 4.69) is 0 Å². The van der Waals surface area contributed by atoms with Crippen molar-refractivity contribution in [1.82, 2.24) is 0 Å². The van der Waals surface area contributed by atoms with E-state index >= 15 is 0 Å². The average molecular weight is 242 g/mol. The topological polar surface area (TPSA) is 43.4 Å². The first-order valence-electron chi connectivity index (χ1n) is 5.75. The molecule has 0 atom stereocenters. The standard InChI is InChI=1S/C15H14O3/c1-10(2)7-8-18-14-9-13(16)15(17)12-6-4-3-5-11(12)14/h3-7,9H,8H2,1-2H3. The summed E-state index contributed by atoms with van der Waals surface area (Å²) in [4.78, 5) is 23.2. The highest BCUT2D eigenvalue weighted by Crippen LogP contribution is 2.25. The van der Waals surface area contributed by atoms with Crippen molar-refractivity contribution >= 4 is 17.3 Å². The Labute approximate surface area is 106 Å². The lowest BCUT2D eigenvalue weighted by Crippen LogP contribution is -2.19. The van der Waals surface area contributed by atoms with Gasteiger partial charge in [-0.15, -0.1) is 0 Å². The van der Waals surface area contributed by atoms with Crippen molar-refractivity contribution in [3.8, 4) is 0 Å². The first-order chi connectivity index (χ1) is 8.59. The Morgan fingerprint density at radius 2 is 1.83 bits per heavy atom. The number of Topliss-reactive ketones (excluding diaryl/α,β-unsaturated/α-hetero) is 1. The second kappa shape index (κ2) is 5.00. The number of fused-ring (bicyclic) bond motifs is 1. The predicted molar refractivity (Wildman–Crippen MR) is 69.1 cm³/mol. The van der Waals surface area contributed by atoms with Crippen LogP contribution in [0.5, 0.6) is 0 Å². The molecule has 0 heterocycles. The largest absolute Gasteiger partial charge is 0.489 e. The molecule has 3 nitrogen and oxygen atoms in total. The van der Waals surface area contributed by atoms with Crippen molar-refractivity contribution in [3.05, 3.63) is 53.1 Å². The van der Waals surface area contributed by atoms with Crippen LogP contribution < -0.4 is 0 Å². The van der Waals surface area contributed by atoms with Crippen LogP contribution >= 0.6 is 0 Å². The van der Waals surface area contributed by atoms with Crippen LogP contribution in [0.2, 0.25) is 0 Å². The van der Waals surface area contributed by atoms with Gasteiger partial charge < -0.3 is 4.74 Å². The highest BCUT2D eigenvalue weighted by molar-refractivity contribution is 6.50. The zero-order valence-corrected chi connectivity index (χ0v) is 10.4. The van der Waals surface area contributed by atoms with Crippen molar-refractivity contribution in [2.24, 2.45) is 0 Å². The molecule has 1 aliphatic carbocycles. The third-order valence-corrected chi connectivity index (χ3v) is 2.65. The van der Waals surface area contributed by atoms with E-state index in [-0.39, 0.29) is 0 Å². The van der Waals surface area contributed by atoms with Crippen molar-refractivity contribution in [1.29, 1.82) is 0 Å². The number of hydrogen-bond donors (Lipinski definition) is 0. The Morgan fingerprint density at radius 3 is 2.50 bits per heavy atom. The third kappa shape index (κ3) is 2.40. The van der Waals surface area contributed by atoms with Crippen LogP contribution in [0.4, 0.5) is 0 Å². The maximum absolute atomic E-state index is 11.7. The van der Waals surface area contributed by atoms with E-state index in [1.165, 1.54) is 6.08 Å². The molecule has 0 aromatic heterocycles. The Bertz CT molecular complexity index is 561. The Hall–Kier alpha value is -2.16. The molecule has 0 bridgehead atoms. The molecule has 2 rings (SSSR count). The molecule has 1 aliphatic rings. The van der Waals surface area contributed by atoms with Gasteiger partial charge in [-0.2, -0.15) is 0 Å². The SMILES string of the molecule is CC(C)=CCOC1=CC(=O)C(=O)c2ccccc21. The van der Waals surface area contributed by atoms with Gasteiger partial charge in [-0.1, -0.05) is 29.8 Å². The van der Waals surface area contributed by atoms with E-state index in [0.717, 1.165) is 5.57 Å². The van der Waals surface area contributed by atoms with Crippen LogP contribution in [0.15, 0.2) is 42.0 Å². The number of hydrogen-bond acceptors (Lipinski definition) is 3. The van der Waals surface area contributed by atoms with Gasteiger partial charge in [0.25, 0.3) is 0 Å². The van der Waals surface area contributed by atoms with Crippen LogP contribution in [0.25, 0.3) is 5.76 Å². The molecule has 92 valence electrons. The number of benzene rings is 1. The number of carbonyl (C=O) groups is 2. The highest BCUT2D eigenvalue weighted by atomic mass is 16.5. The van der Waals surface area contributed by atoms with Gasteiger partial charge in [0, 0.05) is 17.2 Å². The summed E-state index contributed by atoms with van der Waals surface area (Å²) in [6.07, 6.45) is 3.19. The third-order valence-electron chi connectivity index (χ3n) is 2.65. The lowest BCUT2D eigenvalue weighted by molar-refractivity contribution is -0.111. The lowest BCUT2D eigenvalue weighted by atomic mass is 9.94. The lowest BCUT2D eigenvalue weighted by Gasteiger charge is -2.16. The van der Waals surface area contributed by atoms with E-state index in [1.807, 2.05) is 26.0 Å². The minimum Gasteiger partial charge on any atom is -0.489 e. The normalized spacial score (nSPS) is 13.8. The number of allylic oxidation sites excluding steroid dienone is 2. The summed E-state index contributed by atoms with van der Waals surface area (Å²) >= 11 is 0. The molecule has 0 N–H and O–H groups in total. The van der Waals surface area contributed by atoms with Crippen LogP contribution in [-0.2, 0) is 9.53 Å². The van der Waals surface area contributed by atoms with Crippen LogP contribution in [0.1, 0.15) is 29.8 Å². The van der Waals surface area contributed by atoms with Crippen LogP contribution in [-0.4, -0.2) is 18.2 Å². The van der Waals surface area contributed by atoms with Gasteiger partial charge in [0.1, 0.15) is 12.4 Å². The van der Waals surface area contributed by atoms with Gasteiger partial charge in [0.05, 0.1) is 0 Å². The van der Waals surface area contributed by atoms with Crippen molar-refractivity contribution in [2.45, 2.75) is 13.8 Å². The second-order valence-electron chi connectivity index (χ2n) is 4.34.